The predicted molar refractivity (Wildman–Crippen MR) is 76.5 cm³/mol. The molecule has 0 unspecified atom stereocenters. The number of halogens is 1. The van der Waals surface area contributed by atoms with Crippen molar-refractivity contribution in [3.8, 4) is 16.8 Å². The molecule has 0 saturated heterocycles. The monoisotopic (exact) mass is 269 g/mol. The molecule has 0 aliphatic rings. The number of aromatic nitrogens is 3. The van der Waals surface area contributed by atoms with Gasteiger partial charge in [-0.3, -0.25) is 0 Å². The van der Waals surface area contributed by atoms with Gasteiger partial charge in [-0.2, -0.15) is 5.10 Å². The van der Waals surface area contributed by atoms with Gasteiger partial charge in [0.15, 0.2) is 5.15 Å². The van der Waals surface area contributed by atoms with E-state index < -0.39 is 0 Å². The van der Waals surface area contributed by atoms with Gasteiger partial charge in [0.05, 0.1) is 6.20 Å². The summed E-state index contributed by atoms with van der Waals surface area (Å²) >= 11 is 6.07. The summed E-state index contributed by atoms with van der Waals surface area (Å²) in [5.74, 6) is 0. The summed E-state index contributed by atoms with van der Waals surface area (Å²) < 4.78 is 1.75. The fourth-order valence-corrected chi connectivity index (χ4v) is 2.24. The Morgan fingerprint density at radius 1 is 1.11 bits per heavy atom. The SMILES string of the molecule is Cc1ccccc1-c1cnn(-c2cccnc2Cl)c1. The second-order valence-electron chi connectivity index (χ2n) is 4.30. The molecule has 3 aromatic rings. The highest BCUT2D eigenvalue weighted by atomic mass is 35.5. The van der Waals surface area contributed by atoms with Crippen LogP contribution in [0.4, 0.5) is 0 Å². The normalized spacial score (nSPS) is 10.6. The Morgan fingerprint density at radius 3 is 2.74 bits per heavy atom. The Hall–Kier alpha value is -2.13. The van der Waals surface area contributed by atoms with Crippen molar-refractivity contribution >= 4 is 11.6 Å². The van der Waals surface area contributed by atoms with Gasteiger partial charge in [0.25, 0.3) is 0 Å². The van der Waals surface area contributed by atoms with E-state index in [0.717, 1.165) is 11.3 Å². The van der Waals surface area contributed by atoms with Gasteiger partial charge < -0.3 is 0 Å². The molecular formula is C15H12ClN3. The Morgan fingerprint density at radius 2 is 1.95 bits per heavy atom. The van der Waals surface area contributed by atoms with Crippen molar-refractivity contribution in [3.63, 3.8) is 0 Å². The lowest BCUT2D eigenvalue weighted by Crippen LogP contribution is -1.95. The van der Waals surface area contributed by atoms with Crippen molar-refractivity contribution in [2.45, 2.75) is 6.92 Å². The maximum Gasteiger partial charge on any atom is 0.154 e. The van der Waals surface area contributed by atoms with Crippen LogP contribution in [0.25, 0.3) is 16.8 Å². The zero-order chi connectivity index (χ0) is 13.2. The van der Waals surface area contributed by atoms with E-state index in [1.54, 1.807) is 10.9 Å². The molecular weight excluding hydrogens is 258 g/mol. The summed E-state index contributed by atoms with van der Waals surface area (Å²) in [5.41, 5.74) is 4.25. The second-order valence-corrected chi connectivity index (χ2v) is 4.66. The number of nitrogens with zero attached hydrogens (tertiary/aromatic N) is 3. The second kappa shape index (κ2) is 4.86. The Bertz CT molecular complexity index is 659. The van der Waals surface area contributed by atoms with Gasteiger partial charge >= 0.3 is 0 Å². The van der Waals surface area contributed by atoms with E-state index in [4.69, 9.17) is 11.6 Å². The molecule has 0 aliphatic heterocycles. The highest BCUT2D eigenvalue weighted by molar-refractivity contribution is 6.31. The third-order valence-corrected chi connectivity index (χ3v) is 3.32. The van der Waals surface area contributed by atoms with Gasteiger partial charge in [0.1, 0.15) is 5.69 Å². The molecule has 3 rings (SSSR count). The number of rotatable bonds is 2. The average molecular weight is 270 g/mol. The molecule has 0 fully saturated rings. The number of benzene rings is 1. The lowest BCUT2D eigenvalue weighted by atomic mass is 10.0. The maximum absolute atomic E-state index is 6.07. The van der Waals surface area contributed by atoms with E-state index in [2.05, 4.69) is 29.1 Å². The van der Waals surface area contributed by atoms with E-state index in [0.29, 0.717) is 5.15 Å². The number of hydrogen-bond acceptors (Lipinski definition) is 2. The molecule has 0 bridgehead atoms. The lowest BCUT2D eigenvalue weighted by molar-refractivity contribution is 0.874. The first kappa shape index (κ1) is 11.9. The van der Waals surface area contributed by atoms with Crippen molar-refractivity contribution < 1.29 is 0 Å². The van der Waals surface area contributed by atoms with Crippen molar-refractivity contribution in [1.29, 1.82) is 0 Å². The molecule has 0 aliphatic carbocycles. The fourth-order valence-electron chi connectivity index (χ4n) is 2.04. The van der Waals surface area contributed by atoms with Crippen LogP contribution in [0.2, 0.25) is 5.15 Å². The zero-order valence-corrected chi connectivity index (χ0v) is 11.2. The van der Waals surface area contributed by atoms with Gasteiger partial charge in [-0.15, -0.1) is 0 Å². The summed E-state index contributed by atoms with van der Waals surface area (Å²) in [5, 5.41) is 4.80. The minimum absolute atomic E-state index is 0.446. The van der Waals surface area contributed by atoms with E-state index in [-0.39, 0.29) is 0 Å². The highest BCUT2D eigenvalue weighted by Gasteiger charge is 2.07. The summed E-state index contributed by atoms with van der Waals surface area (Å²) in [6.45, 7) is 2.09. The molecule has 4 heteroatoms. The standard InChI is InChI=1S/C15H12ClN3/c1-11-5-2-3-6-13(11)12-9-18-19(10-12)14-7-4-8-17-15(14)16/h2-10H,1H3. The van der Waals surface area contributed by atoms with Gasteiger partial charge in [0.2, 0.25) is 0 Å². The molecule has 0 amide bonds. The fraction of sp³-hybridized carbons (Fsp3) is 0.0667. The van der Waals surface area contributed by atoms with Gasteiger partial charge in [0, 0.05) is 18.0 Å². The molecule has 0 saturated carbocycles. The third-order valence-electron chi connectivity index (χ3n) is 3.02. The lowest BCUT2D eigenvalue weighted by Gasteiger charge is -2.03. The third kappa shape index (κ3) is 2.25. The van der Waals surface area contributed by atoms with Crippen LogP contribution in [0.15, 0.2) is 55.0 Å². The first-order valence-corrected chi connectivity index (χ1v) is 6.35. The molecule has 2 aromatic heterocycles. The highest BCUT2D eigenvalue weighted by Crippen LogP contribution is 2.24. The van der Waals surface area contributed by atoms with Gasteiger partial charge in [-0.1, -0.05) is 35.9 Å². The van der Waals surface area contributed by atoms with Gasteiger partial charge in [-0.05, 0) is 30.2 Å². The van der Waals surface area contributed by atoms with Gasteiger partial charge in [-0.25, -0.2) is 9.67 Å². The van der Waals surface area contributed by atoms with Crippen molar-refractivity contribution in [3.05, 3.63) is 65.7 Å². The van der Waals surface area contributed by atoms with Crippen LogP contribution >= 0.6 is 11.6 Å². The Balaban J connectivity index is 2.06. The minimum Gasteiger partial charge on any atom is -0.242 e. The number of aryl methyl sites for hydroxylation is 1. The molecule has 3 nitrogen and oxygen atoms in total. The smallest absolute Gasteiger partial charge is 0.154 e. The summed E-state index contributed by atoms with van der Waals surface area (Å²) in [6, 6.07) is 12.0. The van der Waals surface area contributed by atoms with Crippen LogP contribution < -0.4 is 0 Å². The zero-order valence-electron chi connectivity index (χ0n) is 10.4. The first-order chi connectivity index (χ1) is 9.25. The van der Waals surface area contributed by atoms with Crippen LogP contribution in [-0.2, 0) is 0 Å². The molecule has 0 atom stereocenters. The van der Waals surface area contributed by atoms with Crippen molar-refractivity contribution in [1.82, 2.24) is 14.8 Å². The van der Waals surface area contributed by atoms with E-state index in [1.807, 2.05) is 36.7 Å². The van der Waals surface area contributed by atoms with Crippen molar-refractivity contribution in [2.24, 2.45) is 0 Å². The minimum atomic E-state index is 0.446. The molecule has 2 heterocycles. The molecule has 0 N–H and O–H groups in total. The van der Waals surface area contributed by atoms with Crippen LogP contribution in [0.5, 0.6) is 0 Å². The van der Waals surface area contributed by atoms with Crippen LogP contribution in [0, 0.1) is 6.92 Å². The van der Waals surface area contributed by atoms with Crippen LogP contribution in [0.1, 0.15) is 5.56 Å². The summed E-state index contributed by atoms with van der Waals surface area (Å²) in [7, 11) is 0. The summed E-state index contributed by atoms with van der Waals surface area (Å²) in [6.07, 6.45) is 5.47. The average Bonchev–Trinajstić information content (AvgIpc) is 2.89. The molecule has 0 radical (unpaired) electrons. The predicted octanol–water partition coefficient (Wildman–Crippen LogP) is 3.90. The van der Waals surface area contributed by atoms with E-state index in [1.165, 1.54) is 11.1 Å². The number of pyridine rings is 1. The quantitative estimate of drug-likeness (QED) is 0.661. The van der Waals surface area contributed by atoms with Crippen LogP contribution in [-0.4, -0.2) is 14.8 Å². The molecule has 1 aromatic carbocycles. The molecule has 19 heavy (non-hydrogen) atoms. The largest absolute Gasteiger partial charge is 0.242 e. The summed E-state index contributed by atoms with van der Waals surface area (Å²) in [4.78, 5) is 4.06. The van der Waals surface area contributed by atoms with E-state index >= 15 is 0 Å². The molecule has 0 spiro atoms. The number of hydrogen-bond donors (Lipinski definition) is 0. The first-order valence-electron chi connectivity index (χ1n) is 5.97. The topological polar surface area (TPSA) is 30.7 Å². The van der Waals surface area contributed by atoms with Crippen LogP contribution in [0.3, 0.4) is 0 Å². The molecule has 94 valence electrons. The van der Waals surface area contributed by atoms with Crippen molar-refractivity contribution in [2.75, 3.05) is 0 Å². The maximum atomic E-state index is 6.07. The Labute approximate surface area is 116 Å². The van der Waals surface area contributed by atoms with E-state index in [9.17, 15) is 0 Å². The Kier molecular flexibility index (Phi) is 3.05.